The lowest BCUT2D eigenvalue weighted by Crippen LogP contribution is -2.45. The van der Waals surface area contributed by atoms with Crippen molar-refractivity contribution in [3.05, 3.63) is 23.8 Å². The van der Waals surface area contributed by atoms with Crippen LogP contribution in [-0.4, -0.2) is 38.3 Å². The molecule has 1 amide bonds. The van der Waals surface area contributed by atoms with Gasteiger partial charge in [0.15, 0.2) is 4.90 Å². The number of halogens is 2. The lowest BCUT2D eigenvalue weighted by molar-refractivity contribution is -0.123. The molecule has 1 aromatic carbocycles. The molecular formula is C12H15F2N3O3S. The van der Waals surface area contributed by atoms with Crippen LogP contribution in [0.5, 0.6) is 0 Å². The Hall–Kier alpha value is -1.74. The van der Waals surface area contributed by atoms with Crippen LogP contribution >= 0.6 is 0 Å². The number of hydrogen-bond acceptors (Lipinski definition) is 4. The molecule has 1 aromatic rings. The Morgan fingerprint density at radius 1 is 1.38 bits per heavy atom. The van der Waals surface area contributed by atoms with Crippen molar-refractivity contribution in [3.63, 3.8) is 0 Å². The molecule has 0 aromatic heterocycles. The molecule has 0 saturated carbocycles. The van der Waals surface area contributed by atoms with Crippen LogP contribution in [0.2, 0.25) is 0 Å². The third-order valence-corrected chi connectivity index (χ3v) is 5.30. The van der Waals surface area contributed by atoms with Gasteiger partial charge in [-0.15, -0.1) is 0 Å². The summed E-state index contributed by atoms with van der Waals surface area (Å²) in [4.78, 5) is 10.6. The first-order valence-electron chi connectivity index (χ1n) is 6.27. The van der Waals surface area contributed by atoms with Gasteiger partial charge in [-0.3, -0.25) is 4.79 Å². The zero-order chi connectivity index (χ0) is 15.8. The number of carbonyl (C=O) groups is 1. The number of hydrogen-bond donors (Lipinski definition) is 2. The molecule has 1 aliphatic heterocycles. The molecule has 3 N–H and O–H groups in total. The van der Waals surface area contributed by atoms with Gasteiger partial charge in [-0.1, -0.05) is 0 Å². The number of rotatable bonds is 3. The maximum atomic E-state index is 13.8. The summed E-state index contributed by atoms with van der Waals surface area (Å²) in [5, 5.41) is 2.35. The van der Waals surface area contributed by atoms with Crippen LogP contribution in [0.1, 0.15) is 12.8 Å². The van der Waals surface area contributed by atoms with Crippen molar-refractivity contribution in [1.29, 1.82) is 0 Å². The molecule has 0 bridgehead atoms. The molecule has 1 unspecified atom stereocenters. The Morgan fingerprint density at radius 2 is 1.95 bits per heavy atom. The van der Waals surface area contributed by atoms with Gasteiger partial charge >= 0.3 is 0 Å². The van der Waals surface area contributed by atoms with Gasteiger partial charge in [0.1, 0.15) is 17.7 Å². The summed E-state index contributed by atoms with van der Waals surface area (Å²) in [6.07, 6.45) is 0.743. The highest BCUT2D eigenvalue weighted by molar-refractivity contribution is 7.89. The van der Waals surface area contributed by atoms with Crippen LogP contribution in [-0.2, 0) is 14.8 Å². The number of anilines is 1. The molecule has 0 spiro atoms. The van der Waals surface area contributed by atoms with Crippen LogP contribution in [0, 0.1) is 11.6 Å². The van der Waals surface area contributed by atoms with E-state index < -0.39 is 38.5 Å². The molecule has 6 nitrogen and oxygen atoms in total. The van der Waals surface area contributed by atoms with Crippen molar-refractivity contribution in [2.75, 3.05) is 19.3 Å². The van der Waals surface area contributed by atoms with E-state index in [0.717, 1.165) is 16.4 Å². The number of sulfonamides is 1. The van der Waals surface area contributed by atoms with Gasteiger partial charge in [0, 0.05) is 19.3 Å². The van der Waals surface area contributed by atoms with Crippen LogP contribution < -0.4 is 11.1 Å². The van der Waals surface area contributed by atoms with Crippen LogP contribution in [0.15, 0.2) is 17.0 Å². The molecule has 1 atom stereocenters. The largest absolute Gasteiger partial charge is 0.399 e. The van der Waals surface area contributed by atoms with E-state index in [2.05, 4.69) is 5.32 Å². The first-order valence-corrected chi connectivity index (χ1v) is 7.71. The van der Waals surface area contributed by atoms with E-state index >= 15 is 0 Å². The van der Waals surface area contributed by atoms with Crippen molar-refractivity contribution in [2.24, 2.45) is 0 Å². The second-order valence-electron chi connectivity index (χ2n) is 4.70. The molecule has 116 valence electrons. The topological polar surface area (TPSA) is 92.5 Å². The minimum atomic E-state index is -4.45. The molecule has 1 heterocycles. The number of nitrogens with one attached hydrogen (secondary N) is 1. The molecule has 21 heavy (non-hydrogen) atoms. The Bertz CT molecular complexity index is 655. The number of carbonyl (C=O) groups excluding carboxylic acids is 1. The Balaban J connectivity index is 2.50. The van der Waals surface area contributed by atoms with Crippen molar-refractivity contribution < 1.29 is 22.0 Å². The first-order chi connectivity index (χ1) is 9.78. The maximum Gasteiger partial charge on any atom is 0.249 e. The molecule has 0 radical (unpaired) electrons. The van der Waals surface area contributed by atoms with Crippen LogP contribution in [0.4, 0.5) is 14.5 Å². The van der Waals surface area contributed by atoms with E-state index in [0.29, 0.717) is 12.8 Å². The average Bonchev–Trinajstić information content (AvgIpc) is 2.86. The van der Waals surface area contributed by atoms with Gasteiger partial charge in [-0.25, -0.2) is 17.2 Å². The van der Waals surface area contributed by atoms with E-state index in [1.165, 1.54) is 7.05 Å². The quantitative estimate of drug-likeness (QED) is 0.791. The number of nitrogen functional groups attached to an aromatic ring is 1. The fraction of sp³-hybridized carbons (Fsp3) is 0.417. The van der Waals surface area contributed by atoms with Crippen molar-refractivity contribution in [1.82, 2.24) is 9.62 Å². The summed E-state index contributed by atoms with van der Waals surface area (Å²) in [5.41, 5.74) is 5.05. The predicted molar refractivity (Wildman–Crippen MR) is 71.8 cm³/mol. The second-order valence-corrected chi connectivity index (χ2v) is 6.53. The zero-order valence-electron chi connectivity index (χ0n) is 11.3. The number of nitrogens with two attached hydrogens (primary N) is 1. The van der Waals surface area contributed by atoms with E-state index in [-0.39, 0.29) is 12.2 Å². The van der Waals surface area contributed by atoms with E-state index in [1.807, 2.05) is 0 Å². The third-order valence-electron chi connectivity index (χ3n) is 3.34. The molecule has 9 heteroatoms. The lowest BCUT2D eigenvalue weighted by Gasteiger charge is -2.23. The van der Waals surface area contributed by atoms with Gasteiger partial charge in [0.05, 0.1) is 0 Å². The Labute approximate surface area is 121 Å². The van der Waals surface area contributed by atoms with Crippen molar-refractivity contribution in [3.8, 4) is 0 Å². The van der Waals surface area contributed by atoms with E-state index in [9.17, 15) is 22.0 Å². The number of nitrogens with zero attached hydrogens (tertiary/aromatic N) is 1. The Morgan fingerprint density at radius 3 is 2.48 bits per heavy atom. The molecular weight excluding hydrogens is 304 g/mol. The summed E-state index contributed by atoms with van der Waals surface area (Å²) >= 11 is 0. The fourth-order valence-corrected chi connectivity index (χ4v) is 4.15. The monoisotopic (exact) mass is 319 g/mol. The molecule has 1 saturated heterocycles. The fourth-order valence-electron chi connectivity index (χ4n) is 2.40. The second kappa shape index (κ2) is 5.57. The maximum absolute atomic E-state index is 13.8. The van der Waals surface area contributed by atoms with Gasteiger partial charge < -0.3 is 11.1 Å². The SMILES string of the molecule is CNC(=O)C1CCCN1S(=O)(=O)c1c(F)cc(N)cc1F. The summed E-state index contributed by atoms with van der Waals surface area (Å²) in [7, 11) is -3.08. The molecule has 1 fully saturated rings. The van der Waals surface area contributed by atoms with Gasteiger partial charge in [-0.2, -0.15) is 4.31 Å². The highest BCUT2D eigenvalue weighted by Crippen LogP contribution is 2.30. The van der Waals surface area contributed by atoms with Crippen LogP contribution in [0.25, 0.3) is 0 Å². The molecule has 0 aliphatic carbocycles. The van der Waals surface area contributed by atoms with E-state index in [1.54, 1.807) is 0 Å². The summed E-state index contributed by atoms with van der Waals surface area (Å²) in [6.45, 7) is 0.0314. The Kier molecular flexibility index (Phi) is 4.15. The number of benzene rings is 1. The predicted octanol–water partition coefficient (Wildman–Crippen LogP) is 0.446. The normalized spacial score (nSPS) is 19.7. The number of amides is 1. The third kappa shape index (κ3) is 2.70. The summed E-state index contributed by atoms with van der Waals surface area (Å²) in [6, 6.07) is 0.512. The summed E-state index contributed by atoms with van der Waals surface area (Å²) < 4.78 is 53.4. The minimum absolute atomic E-state index is 0.0314. The first kappa shape index (κ1) is 15.6. The minimum Gasteiger partial charge on any atom is -0.399 e. The molecule has 1 aliphatic rings. The molecule has 2 rings (SSSR count). The zero-order valence-corrected chi connectivity index (χ0v) is 12.1. The smallest absolute Gasteiger partial charge is 0.249 e. The summed E-state index contributed by atoms with van der Waals surface area (Å²) in [5.74, 6) is -3.04. The standard InChI is InChI=1S/C12H15F2N3O3S/c1-16-12(18)10-3-2-4-17(10)21(19,20)11-8(13)5-7(15)6-9(11)14/h5-6,10H,2-4,15H2,1H3,(H,16,18). The average molecular weight is 319 g/mol. The highest BCUT2D eigenvalue weighted by atomic mass is 32.2. The highest BCUT2D eigenvalue weighted by Gasteiger charge is 2.41. The van der Waals surface area contributed by atoms with Crippen molar-refractivity contribution >= 4 is 21.6 Å². The van der Waals surface area contributed by atoms with Crippen LogP contribution in [0.3, 0.4) is 0 Å². The van der Waals surface area contributed by atoms with Gasteiger partial charge in [0.2, 0.25) is 15.9 Å². The van der Waals surface area contributed by atoms with E-state index in [4.69, 9.17) is 5.73 Å². The van der Waals surface area contributed by atoms with Gasteiger partial charge in [0.25, 0.3) is 0 Å². The lowest BCUT2D eigenvalue weighted by atomic mass is 10.2. The van der Waals surface area contributed by atoms with Crippen molar-refractivity contribution in [2.45, 2.75) is 23.8 Å². The van der Waals surface area contributed by atoms with Gasteiger partial charge in [-0.05, 0) is 25.0 Å². The number of likely N-dealkylation sites (N-methyl/N-ethyl adjacent to an activating group) is 1.